The highest BCUT2D eigenvalue weighted by Crippen LogP contribution is 2.25. The van der Waals surface area contributed by atoms with Crippen LogP contribution in [0.4, 0.5) is 0 Å². The average Bonchev–Trinajstić information content (AvgIpc) is 2.68. The molecule has 0 bridgehead atoms. The molecule has 146 valence electrons. The Morgan fingerprint density at radius 1 is 1.19 bits per heavy atom. The molecule has 0 heterocycles. The lowest BCUT2D eigenvalue weighted by atomic mass is 10.2. The van der Waals surface area contributed by atoms with Crippen molar-refractivity contribution in [3.05, 3.63) is 95.3 Å². The summed E-state index contributed by atoms with van der Waals surface area (Å²) in [6, 6.07) is 4.97. The van der Waals surface area contributed by atoms with Gasteiger partial charge < -0.3 is 10.1 Å². The Morgan fingerprint density at radius 3 is 2.48 bits per heavy atom. The molecule has 1 N–H and O–H groups in total. The van der Waals surface area contributed by atoms with Gasteiger partial charge in [0.15, 0.2) is 0 Å². The standard InChI is InChI=1S/C18H19Cl2NO2.C4H8/c1-3-14(2)23-13-8-6-4-5-7-12-21-18(22)15-10-9-11-16(19)17(15)20;1-3-4-2/h3-6,8-11H,1-2,7,12-13H2,(H,21,22);3-4H,1-2H3/b5-4-,8-6-;4-3-. The van der Waals surface area contributed by atoms with Crippen LogP contribution in [-0.2, 0) is 4.74 Å². The minimum Gasteiger partial charge on any atom is -0.490 e. The van der Waals surface area contributed by atoms with Crippen molar-refractivity contribution < 1.29 is 9.53 Å². The van der Waals surface area contributed by atoms with Crippen LogP contribution in [0, 0.1) is 0 Å². The van der Waals surface area contributed by atoms with E-state index in [0.29, 0.717) is 35.9 Å². The Bertz CT molecular complexity index is 688. The molecule has 1 aromatic carbocycles. The molecule has 1 rings (SSSR count). The topological polar surface area (TPSA) is 38.3 Å². The van der Waals surface area contributed by atoms with E-state index in [1.54, 1.807) is 24.3 Å². The number of amides is 1. The monoisotopic (exact) mass is 407 g/mol. The lowest BCUT2D eigenvalue weighted by molar-refractivity contribution is 0.0954. The van der Waals surface area contributed by atoms with Gasteiger partial charge in [-0.25, -0.2) is 0 Å². The van der Waals surface area contributed by atoms with Crippen LogP contribution < -0.4 is 5.32 Å². The van der Waals surface area contributed by atoms with Crippen molar-refractivity contribution in [2.75, 3.05) is 13.2 Å². The van der Waals surface area contributed by atoms with Crippen LogP contribution in [0.2, 0.25) is 10.0 Å². The van der Waals surface area contributed by atoms with Crippen molar-refractivity contribution in [3.63, 3.8) is 0 Å². The second-order valence-corrected chi connectivity index (χ2v) is 5.94. The molecule has 0 aliphatic carbocycles. The average molecular weight is 408 g/mol. The summed E-state index contributed by atoms with van der Waals surface area (Å²) < 4.78 is 5.21. The van der Waals surface area contributed by atoms with E-state index in [1.807, 2.05) is 50.3 Å². The van der Waals surface area contributed by atoms with Crippen LogP contribution in [0.3, 0.4) is 0 Å². The van der Waals surface area contributed by atoms with Gasteiger partial charge in [-0.2, -0.15) is 0 Å². The molecule has 0 spiro atoms. The number of benzene rings is 1. The zero-order chi connectivity index (χ0) is 20.5. The third kappa shape index (κ3) is 11.9. The van der Waals surface area contributed by atoms with Gasteiger partial charge in [-0.3, -0.25) is 4.79 Å². The summed E-state index contributed by atoms with van der Waals surface area (Å²) in [4.78, 5) is 12.0. The Balaban J connectivity index is 0.00000153. The lowest BCUT2D eigenvalue weighted by Crippen LogP contribution is -2.24. The maximum atomic E-state index is 12.0. The zero-order valence-corrected chi connectivity index (χ0v) is 17.4. The zero-order valence-electron chi connectivity index (χ0n) is 15.9. The Morgan fingerprint density at radius 2 is 1.85 bits per heavy atom. The first-order chi connectivity index (χ1) is 13.0. The predicted octanol–water partition coefficient (Wildman–Crippen LogP) is 6.52. The second-order valence-electron chi connectivity index (χ2n) is 5.15. The number of rotatable bonds is 9. The van der Waals surface area contributed by atoms with Gasteiger partial charge in [0.05, 0.1) is 15.6 Å². The minimum absolute atomic E-state index is 0.238. The molecule has 0 aliphatic rings. The SMILES string of the molecule is C/C=C\C.C=CC(=C)OC/C=C\C=C/CCNC(=O)c1cccc(Cl)c1Cl. The van der Waals surface area contributed by atoms with Gasteiger partial charge in [-0.15, -0.1) is 0 Å². The quantitative estimate of drug-likeness (QED) is 0.219. The van der Waals surface area contributed by atoms with Crippen molar-refractivity contribution in [1.29, 1.82) is 0 Å². The molecule has 5 heteroatoms. The maximum absolute atomic E-state index is 12.0. The van der Waals surface area contributed by atoms with Crippen molar-refractivity contribution in [3.8, 4) is 0 Å². The van der Waals surface area contributed by atoms with E-state index in [2.05, 4.69) is 18.5 Å². The smallest absolute Gasteiger partial charge is 0.252 e. The highest BCUT2D eigenvalue weighted by Gasteiger charge is 2.11. The van der Waals surface area contributed by atoms with Crippen molar-refractivity contribution in [2.24, 2.45) is 0 Å². The molecule has 0 unspecified atom stereocenters. The summed E-state index contributed by atoms with van der Waals surface area (Å²) in [5.41, 5.74) is 0.377. The first kappa shape index (κ1) is 24.8. The Kier molecular flexibility index (Phi) is 14.7. The summed E-state index contributed by atoms with van der Waals surface area (Å²) in [6.45, 7) is 12.1. The number of carbonyl (C=O) groups is 1. The molecule has 1 amide bonds. The summed E-state index contributed by atoms with van der Waals surface area (Å²) in [5, 5.41) is 3.42. The highest BCUT2D eigenvalue weighted by molar-refractivity contribution is 6.43. The molecule has 0 aromatic heterocycles. The van der Waals surface area contributed by atoms with Crippen LogP contribution in [0.1, 0.15) is 30.6 Å². The van der Waals surface area contributed by atoms with Gasteiger partial charge in [-0.1, -0.05) is 72.8 Å². The first-order valence-corrected chi connectivity index (χ1v) is 9.28. The van der Waals surface area contributed by atoms with Crippen molar-refractivity contribution in [2.45, 2.75) is 20.3 Å². The fraction of sp³-hybridized carbons (Fsp3) is 0.227. The molecule has 27 heavy (non-hydrogen) atoms. The van der Waals surface area contributed by atoms with Crippen LogP contribution in [0.25, 0.3) is 0 Å². The Hall–Kier alpha value is -2.23. The number of nitrogens with one attached hydrogen (secondary N) is 1. The second kappa shape index (κ2) is 16.0. The maximum Gasteiger partial charge on any atom is 0.252 e. The van der Waals surface area contributed by atoms with Gasteiger partial charge in [-0.05, 0) is 44.6 Å². The lowest BCUT2D eigenvalue weighted by Gasteiger charge is -2.06. The van der Waals surface area contributed by atoms with Crippen LogP contribution in [-0.4, -0.2) is 19.1 Å². The molecular weight excluding hydrogens is 381 g/mol. The molecule has 0 radical (unpaired) electrons. The van der Waals surface area contributed by atoms with Crippen molar-refractivity contribution in [1.82, 2.24) is 5.32 Å². The van der Waals surface area contributed by atoms with E-state index in [4.69, 9.17) is 27.9 Å². The van der Waals surface area contributed by atoms with E-state index in [1.165, 1.54) is 0 Å². The van der Waals surface area contributed by atoms with Gasteiger partial charge >= 0.3 is 0 Å². The van der Waals surface area contributed by atoms with E-state index in [9.17, 15) is 4.79 Å². The van der Waals surface area contributed by atoms with Gasteiger partial charge in [0.1, 0.15) is 12.4 Å². The van der Waals surface area contributed by atoms with Crippen LogP contribution in [0.5, 0.6) is 0 Å². The van der Waals surface area contributed by atoms with Gasteiger partial charge in [0, 0.05) is 6.54 Å². The molecular formula is C22H27Cl2NO2. The van der Waals surface area contributed by atoms with Gasteiger partial charge in [0.25, 0.3) is 5.91 Å². The summed E-state index contributed by atoms with van der Waals surface area (Å²) in [7, 11) is 0. The summed E-state index contributed by atoms with van der Waals surface area (Å²) in [5.74, 6) is 0.304. The first-order valence-electron chi connectivity index (χ1n) is 8.53. The summed E-state index contributed by atoms with van der Waals surface area (Å²) in [6.07, 6.45) is 13.8. The normalized spacial score (nSPS) is 10.7. The van der Waals surface area contributed by atoms with E-state index in [-0.39, 0.29) is 10.9 Å². The van der Waals surface area contributed by atoms with Crippen LogP contribution in [0.15, 0.2) is 79.6 Å². The number of carbonyl (C=O) groups excluding carboxylic acids is 1. The van der Waals surface area contributed by atoms with E-state index >= 15 is 0 Å². The van der Waals surface area contributed by atoms with E-state index < -0.39 is 0 Å². The predicted molar refractivity (Wildman–Crippen MR) is 117 cm³/mol. The molecule has 0 saturated carbocycles. The number of ether oxygens (including phenoxy) is 1. The molecule has 0 aliphatic heterocycles. The van der Waals surface area contributed by atoms with Crippen LogP contribution >= 0.6 is 23.2 Å². The molecule has 0 saturated heterocycles. The molecule has 0 fully saturated rings. The number of halogens is 2. The number of hydrogen-bond donors (Lipinski definition) is 1. The summed E-state index contributed by atoms with van der Waals surface area (Å²) >= 11 is 11.9. The Labute approximate surface area is 172 Å². The molecule has 0 atom stereocenters. The van der Waals surface area contributed by atoms with E-state index in [0.717, 1.165) is 0 Å². The minimum atomic E-state index is -0.238. The number of hydrogen-bond acceptors (Lipinski definition) is 2. The molecule has 1 aromatic rings. The molecule has 3 nitrogen and oxygen atoms in total. The third-order valence-corrected chi connectivity index (χ3v) is 3.92. The fourth-order valence-electron chi connectivity index (χ4n) is 1.57. The third-order valence-electron chi connectivity index (χ3n) is 3.10. The fourth-order valence-corrected chi connectivity index (χ4v) is 1.95. The van der Waals surface area contributed by atoms with Crippen molar-refractivity contribution >= 4 is 29.1 Å². The van der Waals surface area contributed by atoms with Gasteiger partial charge in [0.2, 0.25) is 0 Å². The highest BCUT2D eigenvalue weighted by atomic mass is 35.5. The largest absolute Gasteiger partial charge is 0.490 e. The number of allylic oxidation sites excluding steroid dienone is 5.